The van der Waals surface area contributed by atoms with Crippen LogP contribution in [-0.2, 0) is 32.4 Å². The molecule has 7 heteroatoms. The van der Waals surface area contributed by atoms with Gasteiger partial charge in [0.25, 0.3) is 0 Å². The standard InChI is InChI=1S/C15H19NO5S/c17-15(18)9-13-10-16(5-6-21-13)22(19,20)14-7-11-3-1-2-4-12(11)8-14/h1-4,13-14H,5-10H2,(H,17,18). The Morgan fingerprint density at radius 2 is 1.91 bits per heavy atom. The lowest BCUT2D eigenvalue weighted by Crippen LogP contribution is -2.49. The number of hydrogen-bond donors (Lipinski definition) is 1. The molecule has 0 amide bonds. The zero-order chi connectivity index (χ0) is 15.7. The maximum Gasteiger partial charge on any atom is 0.306 e. The smallest absolute Gasteiger partial charge is 0.306 e. The maximum atomic E-state index is 12.8. The number of carbonyl (C=O) groups is 1. The molecule has 1 fully saturated rings. The van der Waals surface area contributed by atoms with E-state index in [0.29, 0.717) is 19.4 Å². The van der Waals surface area contributed by atoms with Crippen molar-refractivity contribution in [1.29, 1.82) is 0 Å². The second kappa shape index (κ2) is 5.98. The van der Waals surface area contributed by atoms with Gasteiger partial charge in [-0.3, -0.25) is 4.79 Å². The number of fused-ring (bicyclic) bond motifs is 1. The minimum Gasteiger partial charge on any atom is -0.481 e. The summed E-state index contributed by atoms with van der Waals surface area (Å²) >= 11 is 0. The van der Waals surface area contributed by atoms with E-state index in [1.54, 1.807) is 0 Å². The van der Waals surface area contributed by atoms with Crippen LogP contribution in [0.4, 0.5) is 0 Å². The van der Waals surface area contributed by atoms with Gasteiger partial charge in [0.2, 0.25) is 10.0 Å². The second-order valence-electron chi connectivity index (χ2n) is 5.79. The van der Waals surface area contributed by atoms with Crippen molar-refractivity contribution in [2.24, 2.45) is 0 Å². The quantitative estimate of drug-likeness (QED) is 0.879. The van der Waals surface area contributed by atoms with Crippen LogP contribution >= 0.6 is 0 Å². The molecule has 1 unspecified atom stereocenters. The minimum absolute atomic E-state index is 0.126. The van der Waals surface area contributed by atoms with Gasteiger partial charge in [-0.05, 0) is 24.0 Å². The number of carboxylic acids is 1. The SMILES string of the molecule is O=C(O)CC1CN(S(=O)(=O)C2Cc3ccccc3C2)CCO1. The Labute approximate surface area is 129 Å². The molecule has 0 bridgehead atoms. The van der Waals surface area contributed by atoms with Gasteiger partial charge >= 0.3 is 5.97 Å². The summed E-state index contributed by atoms with van der Waals surface area (Å²) in [6.45, 7) is 0.670. The first-order chi connectivity index (χ1) is 10.5. The third-order valence-electron chi connectivity index (χ3n) is 4.30. The predicted molar refractivity (Wildman–Crippen MR) is 80.1 cm³/mol. The first kappa shape index (κ1) is 15.5. The molecule has 22 heavy (non-hydrogen) atoms. The van der Waals surface area contributed by atoms with Gasteiger partial charge in [-0.15, -0.1) is 0 Å². The van der Waals surface area contributed by atoms with E-state index in [-0.39, 0.29) is 19.6 Å². The van der Waals surface area contributed by atoms with Crippen LogP contribution in [0.15, 0.2) is 24.3 Å². The minimum atomic E-state index is -3.44. The monoisotopic (exact) mass is 325 g/mol. The van der Waals surface area contributed by atoms with E-state index in [4.69, 9.17) is 9.84 Å². The molecule has 1 aliphatic heterocycles. The maximum absolute atomic E-state index is 12.8. The van der Waals surface area contributed by atoms with Crippen LogP contribution in [0.1, 0.15) is 17.5 Å². The predicted octanol–water partition coefficient (Wildman–Crippen LogP) is 0.659. The average molecular weight is 325 g/mol. The third kappa shape index (κ3) is 3.02. The molecule has 120 valence electrons. The highest BCUT2D eigenvalue weighted by Crippen LogP contribution is 2.29. The van der Waals surface area contributed by atoms with Gasteiger partial charge in [-0.2, -0.15) is 4.31 Å². The third-order valence-corrected chi connectivity index (χ3v) is 6.53. The Morgan fingerprint density at radius 3 is 2.50 bits per heavy atom. The Kier molecular flexibility index (Phi) is 4.20. The molecule has 1 aromatic carbocycles. The summed E-state index contributed by atoms with van der Waals surface area (Å²) in [5.74, 6) is -0.975. The summed E-state index contributed by atoms with van der Waals surface area (Å²) in [6.07, 6.45) is 0.320. The summed E-state index contributed by atoms with van der Waals surface area (Å²) < 4.78 is 32.4. The first-order valence-electron chi connectivity index (χ1n) is 7.36. The van der Waals surface area contributed by atoms with Gasteiger partial charge in [0.1, 0.15) is 0 Å². The number of benzene rings is 1. The fourth-order valence-corrected chi connectivity index (χ4v) is 5.09. The molecule has 6 nitrogen and oxygen atoms in total. The molecule has 0 spiro atoms. The van der Waals surface area contributed by atoms with Crippen molar-refractivity contribution >= 4 is 16.0 Å². The van der Waals surface area contributed by atoms with E-state index in [1.807, 2.05) is 24.3 Å². The van der Waals surface area contributed by atoms with Crippen LogP contribution in [0.5, 0.6) is 0 Å². The van der Waals surface area contributed by atoms with Crippen LogP contribution in [0.25, 0.3) is 0 Å². The molecule has 1 aliphatic carbocycles. The normalized spacial score (nSPS) is 23.4. The lowest BCUT2D eigenvalue weighted by Gasteiger charge is -2.33. The Bertz CT molecular complexity index is 647. The number of hydrogen-bond acceptors (Lipinski definition) is 4. The van der Waals surface area contributed by atoms with Gasteiger partial charge < -0.3 is 9.84 Å². The summed E-state index contributed by atoms with van der Waals surface area (Å²) in [4.78, 5) is 10.8. The molecule has 0 radical (unpaired) electrons. The van der Waals surface area contributed by atoms with Crippen molar-refractivity contribution in [1.82, 2.24) is 4.31 Å². The molecule has 0 aromatic heterocycles. The molecule has 1 atom stereocenters. The van der Waals surface area contributed by atoms with Crippen molar-refractivity contribution in [3.63, 3.8) is 0 Å². The van der Waals surface area contributed by atoms with Crippen LogP contribution in [0.3, 0.4) is 0 Å². The highest BCUT2D eigenvalue weighted by molar-refractivity contribution is 7.89. The number of carboxylic acid groups (broad SMARTS) is 1. The largest absolute Gasteiger partial charge is 0.481 e. The van der Waals surface area contributed by atoms with E-state index in [9.17, 15) is 13.2 Å². The van der Waals surface area contributed by atoms with Gasteiger partial charge in [0, 0.05) is 13.1 Å². The summed E-state index contributed by atoms with van der Waals surface area (Å²) in [5, 5.41) is 8.39. The average Bonchev–Trinajstić information content (AvgIpc) is 2.91. The number of rotatable bonds is 4. The van der Waals surface area contributed by atoms with Gasteiger partial charge in [-0.1, -0.05) is 24.3 Å². The topological polar surface area (TPSA) is 83.9 Å². The van der Waals surface area contributed by atoms with E-state index < -0.39 is 27.3 Å². The number of morpholine rings is 1. The van der Waals surface area contributed by atoms with E-state index in [2.05, 4.69) is 0 Å². The fourth-order valence-electron chi connectivity index (χ4n) is 3.18. The van der Waals surface area contributed by atoms with Crippen LogP contribution in [0, 0.1) is 0 Å². The van der Waals surface area contributed by atoms with Gasteiger partial charge in [0.15, 0.2) is 0 Å². The van der Waals surface area contributed by atoms with Gasteiger partial charge in [-0.25, -0.2) is 8.42 Å². The molecule has 2 aliphatic rings. The Hall–Kier alpha value is -1.44. The number of sulfonamides is 1. The Morgan fingerprint density at radius 1 is 1.27 bits per heavy atom. The molecular formula is C15H19NO5S. The van der Waals surface area contributed by atoms with Crippen molar-refractivity contribution in [3.8, 4) is 0 Å². The van der Waals surface area contributed by atoms with E-state index in [1.165, 1.54) is 4.31 Å². The molecule has 1 heterocycles. The second-order valence-corrected chi connectivity index (χ2v) is 8.01. The lowest BCUT2D eigenvalue weighted by molar-refractivity contribution is -0.141. The lowest BCUT2D eigenvalue weighted by atomic mass is 10.1. The van der Waals surface area contributed by atoms with Crippen molar-refractivity contribution < 1.29 is 23.1 Å². The first-order valence-corrected chi connectivity index (χ1v) is 8.86. The zero-order valence-electron chi connectivity index (χ0n) is 12.1. The molecular weight excluding hydrogens is 306 g/mol. The summed E-state index contributed by atoms with van der Waals surface area (Å²) in [6, 6.07) is 7.78. The highest BCUT2D eigenvalue weighted by Gasteiger charge is 2.39. The molecule has 1 N–H and O–H groups in total. The highest BCUT2D eigenvalue weighted by atomic mass is 32.2. The number of aliphatic carboxylic acids is 1. The van der Waals surface area contributed by atoms with Crippen LogP contribution in [0.2, 0.25) is 0 Å². The van der Waals surface area contributed by atoms with Crippen LogP contribution < -0.4 is 0 Å². The number of ether oxygens (including phenoxy) is 1. The van der Waals surface area contributed by atoms with E-state index >= 15 is 0 Å². The molecule has 0 saturated carbocycles. The number of nitrogens with zero attached hydrogens (tertiary/aromatic N) is 1. The van der Waals surface area contributed by atoms with Crippen molar-refractivity contribution in [2.45, 2.75) is 30.6 Å². The molecule has 1 aromatic rings. The summed E-state index contributed by atoms with van der Waals surface area (Å²) in [5.41, 5.74) is 2.18. The Balaban J connectivity index is 1.72. The summed E-state index contributed by atoms with van der Waals surface area (Å²) in [7, 11) is -3.44. The van der Waals surface area contributed by atoms with Crippen molar-refractivity contribution in [3.05, 3.63) is 35.4 Å². The fraction of sp³-hybridized carbons (Fsp3) is 0.533. The molecule has 1 saturated heterocycles. The zero-order valence-corrected chi connectivity index (χ0v) is 13.0. The van der Waals surface area contributed by atoms with E-state index in [0.717, 1.165) is 11.1 Å². The van der Waals surface area contributed by atoms with Crippen molar-refractivity contribution in [2.75, 3.05) is 19.7 Å². The van der Waals surface area contributed by atoms with Crippen LogP contribution in [-0.4, -0.2) is 54.8 Å². The molecule has 3 rings (SSSR count). The van der Waals surface area contributed by atoms with Gasteiger partial charge in [0.05, 0.1) is 24.4 Å².